The predicted molar refractivity (Wildman–Crippen MR) is 166 cm³/mol. The lowest BCUT2D eigenvalue weighted by molar-refractivity contribution is -0.139. The molecular weight excluding hydrogens is 581 g/mol. The van der Waals surface area contributed by atoms with E-state index in [1.165, 1.54) is 35.2 Å². The van der Waals surface area contributed by atoms with Crippen molar-refractivity contribution in [3.8, 4) is 0 Å². The topological polar surface area (TPSA) is 86.8 Å². The van der Waals surface area contributed by atoms with E-state index in [0.29, 0.717) is 12.8 Å². The average Bonchev–Trinajstić information content (AvgIpc) is 2.95. The molecule has 1 N–H and O–H groups in total. The molecule has 0 radical (unpaired) electrons. The van der Waals surface area contributed by atoms with E-state index in [2.05, 4.69) is 5.32 Å². The minimum Gasteiger partial charge on any atom is -0.352 e. The summed E-state index contributed by atoms with van der Waals surface area (Å²) in [5, 5.41) is 3.39. The van der Waals surface area contributed by atoms with Gasteiger partial charge < -0.3 is 10.2 Å². The lowest BCUT2D eigenvalue weighted by atomic mass is 10.1. The maximum absolute atomic E-state index is 14.1. The summed E-state index contributed by atoms with van der Waals surface area (Å²) in [6.45, 7) is 7.27. The summed E-state index contributed by atoms with van der Waals surface area (Å²) >= 11 is 12.4. The van der Waals surface area contributed by atoms with Crippen LogP contribution >= 0.6 is 23.2 Å². The number of carbonyl (C=O) groups excluding carboxylic acids is 2. The first-order valence-electron chi connectivity index (χ1n) is 13.7. The summed E-state index contributed by atoms with van der Waals surface area (Å²) < 4.78 is 28.9. The number of hydrogen-bond acceptors (Lipinski definition) is 4. The van der Waals surface area contributed by atoms with Crippen molar-refractivity contribution in [2.45, 2.75) is 63.9 Å². The highest BCUT2D eigenvalue weighted by molar-refractivity contribution is 7.92. The fourth-order valence-corrected chi connectivity index (χ4v) is 6.04. The molecule has 0 aliphatic carbocycles. The number of sulfonamides is 1. The Morgan fingerprint density at radius 1 is 0.902 bits per heavy atom. The molecule has 0 aliphatic rings. The Hall–Kier alpha value is -3.07. The molecule has 0 saturated heterocycles. The number of amides is 2. The molecule has 3 rings (SSSR count). The predicted octanol–water partition coefficient (Wildman–Crippen LogP) is 6.26. The van der Waals surface area contributed by atoms with E-state index < -0.39 is 28.5 Å². The van der Waals surface area contributed by atoms with Gasteiger partial charge >= 0.3 is 0 Å². The van der Waals surface area contributed by atoms with Gasteiger partial charge in [-0.1, -0.05) is 85.1 Å². The van der Waals surface area contributed by atoms with Gasteiger partial charge in [-0.25, -0.2) is 8.42 Å². The smallest absolute Gasteiger partial charge is 0.264 e. The molecule has 0 fully saturated rings. The molecule has 0 unspecified atom stereocenters. The third kappa shape index (κ3) is 8.47. The van der Waals surface area contributed by atoms with Crippen LogP contribution in [0.15, 0.2) is 77.7 Å². The largest absolute Gasteiger partial charge is 0.352 e. The Balaban J connectivity index is 2.03. The van der Waals surface area contributed by atoms with Crippen LogP contribution in [-0.2, 0) is 26.0 Å². The number of nitrogens with zero attached hydrogens (tertiary/aromatic N) is 2. The van der Waals surface area contributed by atoms with Crippen LogP contribution in [0.25, 0.3) is 0 Å². The number of rotatable bonds is 13. The second kappa shape index (κ2) is 14.7. The molecule has 0 saturated carbocycles. The average molecular weight is 619 g/mol. The van der Waals surface area contributed by atoms with Gasteiger partial charge in [0.25, 0.3) is 10.0 Å². The SMILES string of the molecule is CC[C@@H](C)NC(=O)[C@H](CC)N(CCc1ccccc1)C(=O)CN(c1ccc(Cl)c(Cl)c1)S(=O)(=O)c1ccc(C)cc1. The number of anilines is 1. The second-order valence-corrected chi connectivity index (χ2v) is 12.7. The van der Waals surface area contributed by atoms with Crippen LogP contribution in [0.2, 0.25) is 10.0 Å². The van der Waals surface area contributed by atoms with Crippen LogP contribution in [0.4, 0.5) is 5.69 Å². The highest BCUT2D eigenvalue weighted by atomic mass is 35.5. The number of hydrogen-bond donors (Lipinski definition) is 1. The quantitative estimate of drug-likeness (QED) is 0.245. The molecule has 0 heterocycles. The van der Waals surface area contributed by atoms with E-state index in [0.717, 1.165) is 21.9 Å². The lowest BCUT2D eigenvalue weighted by Crippen LogP contribution is -2.54. The summed E-state index contributed by atoms with van der Waals surface area (Å²) in [5.41, 5.74) is 2.08. The minimum atomic E-state index is -4.19. The van der Waals surface area contributed by atoms with Crippen LogP contribution in [0.1, 0.15) is 44.7 Å². The zero-order valence-corrected chi connectivity index (χ0v) is 26.1. The molecular formula is C31H37Cl2N3O4S. The summed E-state index contributed by atoms with van der Waals surface area (Å²) in [6.07, 6.45) is 1.59. The lowest BCUT2D eigenvalue weighted by Gasteiger charge is -2.33. The molecule has 0 spiro atoms. The Kier molecular flexibility index (Phi) is 11.6. The number of benzene rings is 3. The number of nitrogens with one attached hydrogen (secondary N) is 1. The Morgan fingerprint density at radius 2 is 1.56 bits per heavy atom. The fourth-order valence-electron chi connectivity index (χ4n) is 4.34. The van der Waals surface area contributed by atoms with Crippen molar-refractivity contribution in [3.63, 3.8) is 0 Å². The van der Waals surface area contributed by atoms with E-state index in [1.54, 1.807) is 12.1 Å². The van der Waals surface area contributed by atoms with Crippen molar-refractivity contribution in [1.29, 1.82) is 0 Å². The number of aryl methyl sites for hydroxylation is 1. The summed E-state index contributed by atoms with van der Waals surface area (Å²) in [4.78, 5) is 28.9. The standard InChI is InChI=1S/C31H37Cl2N3O4S/c1-5-23(4)34-31(38)29(6-2)35(19-18-24-10-8-7-9-11-24)30(37)21-36(25-14-17-27(32)28(33)20-25)41(39,40)26-15-12-22(3)13-16-26/h7-17,20,23,29H,5-6,18-19,21H2,1-4H3,(H,34,38)/t23-,29+/m1/s1. The van der Waals surface area contributed by atoms with Gasteiger partial charge in [0, 0.05) is 12.6 Å². The van der Waals surface area contributed by atoms with Crippen molar-refractivity contribution in [3.05, 3.63) is 94.0 Å². The molecule has 10 heteroatoms. The maximum Gasteiger partial charge on any atom is 0.264 e. The molecule has 3 aromatic carbocycles. The van der Waals surface area contributed by atoms with Crippen molar-refractivity contribution >= 4 is 50.7 Å². The zero-order valence-electron chi connectivity index (χ0n) is 23.8. The first-order valence-corrected chi connectivity index (χ1v) is 15.9. The molecule has 3 aromatic rings. The number of halogens is 2. The fraction of sp³-hybridized carbons (Fsp3) is 0.355. The van der Waals surface area contributed by atoms with E-state index in [-0.39, 0.29) is 39.1 Å². The van der Waals surface area contributed by atoms with Gasteiger partial charge in [0.1, 0.15) is 12.6 Å². The van der Waals surface area contributed by atoms with Gasteiger partial charge in [0.2, 0.25) is 11.8 Å². The number of carbonyl (C=O) groups is 2. The zero-order chi connectivity index (χ0) is 30.2. The van der Waals surface area contributed by atoms with Crippen molar-refractivity contribution in [1.82, 2.24) is 10.2 Å². The van der Waals surface area contributed by atoms with Crippen molar-refractivity contribution in [2.75, 3.05) is 17.4 Å². The summed E-state index contributed by atoms with van der Waals surface area (Å²) in [5.74, 6) is -0.778. The molecule has 41 heavy (non-hydrogen) atoms. The van der Waals surface area contributed by atoms with Crippen LogP contribution in [0.3, 0.4) is 0 Å². The van der Waals surface area contributed by atoms with Gasteiger partial charge in [-0.05, 0) is 69.0 Å². The third-order valence-electron chi connectivity index (χ3n) is 6.95. The van der Waals surface area contributed by atoms with Gasteiger partial charge in [0.15, 0.2) is 0 Å². The van der Waals surface area contributed by atoms with E-state index >= 15 is 0 Å². The molecule has 0 aliphatic heterocycles. The van der Waals surface area contributed by atoms with Crippen molar-refractivity contribution < 1.29 is 18.0 Å². The first-order chi connectivity index (χ1) is 19.5. The first kappa shape index (κ1) is 32.4. The van der Waals surface area contributed by atoms with E-state index in [1.807, 2.05) is 58.0 Å². The second-order valence-electron chi connectivity index (χ2n) is 9.99. The third-order valence-corrected chi connectivity index (χ3v) is 9.48. The maximum atomic E-state index is 14.1. The summed E-state index contributed by atoms with van der Waals surface area (Å²) in [7, 11) is -4.19. The van der Waals surface area contributed by atoms with E-state index in [9.17, 15) is 18.0 Å². The Morgan fingerprint density at radius 3 is 2.15 bits per heavy atom. The molecule has 2 atom stereocenters. The molecule has 0 aromatic heterocycles. The highest BCUT2D eigenvalue weighted by Crippen LogP contribution is 2.31. The van der Waals surface area contributed by atoms with Gasteiger partial charge in [-0.2, -0.15) is 0 Å². The highest BCUT2D eigenvalue weighted by Gasteiger charge is 2.34. The van der Waals surface area contributed by atoms with Crippen LogP contribution in [-0.4, -0.2) is 50.3 Å². The molecule has 7 nitrogen and oxygen atoms in total. The van der Waals surface area contributed by atoms with Gasteiger partial charge in [-0.15, -0.1) is 0 Å². The monoisotopic (exact) mass is 617 g/mol. The van der Waals surface area contributed by atoms with Crippen LogP contribution in [0.5, 0.6) is 0 Å². The molecule has 220 valence electrons. The Bertz CT molecular complexity index is 1430. The van der Waals surface area contributed by atoms with Crippen LogP contribution in [0, 0.1) is 6.92 Å². The Labute approximate surface area is 253 Å². The van der Waals surface area contributed by atoms with Gasteiger partial charge in [-0.3, -0.25) is 13.9 Å². The summed E-state index contributed by atoms with van der Waals surface area (Å²) in [6, 6.07) is 19.6. The molecule has 0 bridgehead atoms. The minimum absolute atomic E-state index is 0.0272. The van der Waals surface area contributed by atoms with Gasteiger partial charge in [0.05, 0.1) is 20.6 Å². The molecule has 2 amide bonds. The van der Waals surface area contributed by atoms with E-state index in [4.69, 9.17) is 23.2 Å². The van der Waals surface area contributed by atoms with Crippen molar-refractivity contribution in [2.24, 2.45) is 0 Å². The normalized spacial score (nSPS) is 12.8. The van der Waals surface area contributed by atoms with Crippen LogP contribution < -0.4 is 9.62 Å².